The molecule has 20 heavy (non-hydrogen) atoms. The second-order valence-corrected chi connectivity index (χ2v) is 5.27. The summed E-state index contributed by atoms with van der Waals surface area (Å²) in [7, 11) is 3.43. The van der Waals surface area contributed by atoms with Gasteiger partial charge in [0.1, 0.15) is 11.6 Å². The number of methoxy groups -OCH3 is 1. The van der Waals surface area contributed by atoms with Crippen molar-refractivity contribution < 1.29 is 13.9 Å². The van der Waals surface area contributed by atoms with Gasteiger partial charge in [0.25, 0.3) is 0 Å². The van der Waals surface area contributed by atoms with E-state index in [9.17, 15) is 9.18 Å². The summed E-state index contributed by atoms with van der Waals surface area (Å²) in [5.41, 5.74) is 0.0620. The minimum atomic E-state index is -0.515. The number of ketones is 1. The van der Waals surface area contributed by atoms with Gasteiger partial charge in [-0.15, -0.1) is 0 Å². The minimum absolute atomic E-state index is 0.0620. The van der Waals surface area contributed by atoms with Crippen molar-refractivity contribution in [3.05, 3.63) is 29.6 Å². The van der Waals surface area contributed by atoms with Crippen LogP contribution in [0, 0.1) is 11.7 Å². The minimum Gasteiger partial charge on any atom is -0.496 e. The number of hydrogen-bond acceptors (Lipinski definition) is 3. The van der Waals surface area contributed by atoms with Gasteiger partial charge in [0.15, 0.2) is 5.78 Å². The van der Waals surface area contributed by atoms with Crippen LogP contribution in [-0.4, -0.2) is 37.9 Å². The lowest BCUT2D eigenvalue weighted by atomic mass is 10.1. The van der Waals surface area contributed by atoms with Gasteiger partial charge in [0.05, 0.1) is 12.7 Å². The van der Waals surface area contributed by atoms with Gasteiger partial charge in [-0.05, 0) is 25.1 Å². The van der Waals surface area contributed by atoms with Gasteiger partial charge in [0.2, 0.25) is 0 Å². The Labute approximate surface area is 120 Å². The Kier molecular flexibility index (Phi) is 6.65. The highest BCUT2D eigenvalue weighted by Gasteiger charge is 2.17. The van der Waals surface area contributed by atoms with E-state index in [4.69, 9.17) is 4.74 Å². The summed E-state index contributed by atoms with van der Waals surface area (Å²) in [6.45, 7) is 5.89. The van der Waals surface area contributed by atoms with Crippen molar-refractivity contribution in [1.29, 1.82) is 0 Å². The van der Waals surface area contributed by atoms with Gasteiger partial charge in [-0.1, -0.05) is 26.3 Å². The van der Waals surface area contributed by atoms with E-state index in [1.165, 1.54) is 13.2 Å². The molecule has 1 aromatic rings. The molecule has 1 aromatic carbocycles. The first-order valence-corrected chi connectivity index (χ1v) is 7.03. The normalized spacial score (nSPS) is 12.5. The van der Waals surface area contributed by atoms with Gasteiger partial charge in [0, 0.05) is 19.5 Å². The van der Waals surface area contributed by atoms with E-state index in [1.54, 1.807) is 12.1 Å². The molecule has 0 aromatic heterocycles. The molecule has 3 nitrogen and oxygen atoms in total. The highest BCUT2D eigenvalue weighted by atomic mass is 19.1. The molecule has 1 atom stereocenters. The van der Waals surface area contributed by atoms with Crippen LogP contribution < -0.4 is 4.74 Å². The fraction of sp³-hybridized carbons (Fsp3) is 0.562. The van der Waals surface area contributed by atoms with Crippen LogP contribution in [0.25, 0.3) is 0 Å². The topological polar surface area (TPSA) is 29.5 Å². The number of nitrogens with zero attached hydrogens (tertiary/aromatic N) is 1. The largest absolute Gasteiger partial charge is 0.496 e. The second kappa shape index (κ2) is 8.00. The summed E-state index contributed by atoms with van der Waals surface area (Å²) in [5, 5.41) is 0. The zero-order valence-electron chi connectivity index (χ0n) is 12.8. The first-order valence-electron chi connectivity index (χ1n) is 7.03. The van der Waals surface area contributed by atoms with Crippen LogP contribution in [-0.2, 0) is 0 Å². The summed E-state index contributed by atoms with van der Waals surface area (Å²) in [4.78, 5) is 14.3. The SMILES string of the molecule is CCC(C)CN(C)CCC(=O)c1c(F)cccc1OC. The van der Waals surface area contributed by atoms with Crippen LogP contribution in [0.2, 0.25) is 0 Å². The summed E-state index contributed by atoms with van der Waals surface area (Å²) in [5.74, 6) is 0.174. The third-order valence-electron chi connectivity index (χ3n) is 3.51. The summed E-state index contributed by atoms with van der Waals surface area (Å²) >= 11 is 0. The van der Waals surface area contributed by atoms with Crippen molar-refractivity contribution in [2.24, 2.45) is 5.92 Å². The highest BCUT2D eigenvalue weighted by Crippen LogP contribution is 2.22. The molecule has 0 radical (unpaired) electrons. The maximum Gasteiger partial charge on any atom is 0.170 e. The Hall–Kier alpha value is -1.42. The number of carbonyl (C=O) groups is 1. The predicted octanol–water partition coefficient (Wildman–Crippen LogP) is 3.39. The van der Waals surface area contributed by atoms with Gasteiger partial charge in [-0.3, -0.25) is 4.79 Å². The fourth-order valence-corrected chi connectivity index (χ4v) is 2.11. The Morgan fingerprint density at radius 1 is 1.45 bits per heavy atom. The lowest BCUT2D eigenvalue weighted by Gasteiger charge is -2.20. The van der Waals surface area contributed by atoms with E-state index < -0.39 is 5.82 Å². The van der Waals surface area contributed by atoms with Crippen LogP contribution >= 0.6 is 0 Å². The fourth-order valence-electron chi connectivity index (χ4n) is 2.11. The lowest BCUT2D eigenvalue weighted by molar-refractivity contribution is 0.0959. The molecule has 0 bridgehead atoms. The van der Waals surface area contributed by atoms with E-state index >= 15 is 0 Å². The van der Waals surface area contributed by atoms with Crippen LogP contribution in [0.5, 0.6) is 5.75 Å². The second-order valence-electron chi connectivity index (χ2n) is 5.27. The molecule has 1 rings (SSSR count). The molecular formula is C16H24FNO2. The number of Topliss-reactive ketones (excluding diaryl/α,β-unsaturated/α-hetero) is 1. The molecule has 0 N–H and O–H groups in total. The maximum atomic E-state index is 13.8. The van der Waals surface area contributed by atoms with Crippen molar-refractivity contribution in [1.82, 2.24) is 4.90 Å². The Balaban J connectivity index is 2.64. The van der Waals surface area contributed by atoms with E-state index in [1.807, 2.05) is 7.05 Å². The number of halogens is 1. The van der Waals surface area contributed by atoms with Crippen molar-refractivity contribution in [3.8, 4) is 5.75 Å². The Morgan fingerprint density at radius 3 is 2.75 bits per heavy atom. The van der Waals surface area contributed by atoms with Crippen molar-refractivity contribution in [2.75, 3.05) is 27.2 Å². The third-order valence-corrected chi connectivity index (χ3v) is 3.51. The summed E-state index contributed by atoms with van der Waals surface area (Å²) in [6, 6.07) is 4.44. The third kappa shape index (κ3) is 4.60. The number of benzene rings is 1. The van der Waals surface area contributed by atoms with Crippen molar-refractivity contribution in [3.63, 3.8) is 0 Å². The van der Waals surface area contributed by atoms with E-state index in [0.717, 1.165) is 13.0 Å². The van der Waals surface area contributed by atoms with Crippen molar-refractivity contribution >= 4 is 5.78 Å². The number of hydrogen-bond donors (Lipinski definition) is 0. The van der Waals surface area contributed by atoms with Crippen LogP contribution in [0.4, 0.5) is 4.39 Å². The van der Waals surface area contributed by atoms with Crippen molar-refractivity contribution in [2.45, 2.75) is 26.7 Å². The molecular weight excluding hydrogens is 257 g/mol. The molecule has 0 aliphatic carbocycles. The average Bonchev–Trinajstić information content (AvgIpc) is 2.44. The number of carbonyl (C=O) groups excluding carboxylic acids is 1. The molecule has 0 saturated heterocycles. The van der Waals surface area contributed by atoms with Gasteiger partial charge in [-0.2, -0.15) is 0 Å². The standard InChI is InChI=1S/C16H24FNO2/c1-5-12(2)11-18(3)10-9-14(19)16-13(17)7-6-8-15(16)20-4/h6-8,12H,5,9-11H2,1-4H3. The maximum absolute atomic E-state index is 13.8. The first-order chi connectivity index (χ1) is 9.49. The van der Waals surface area contributed by atoms with Gasteiger partial charge >= 0.3 is 0 Å². The summed E-state index contributed by atoms with van der Waals surface area (Å²) < 4.78 is 18.8. The quantitative estimate of drug-likeness (QED) is 0.684. The van der Waals surface area contributed by atoms with E-state index in [2.05, 4.69) is 18.7 Å². The van der Waals surface area contributed by atoms with E-state index in [0.29, 0.717) is 24.6 Å². The molecule has 0 fully saturated rings. The zero-order chi connectivity index (χ0) is 15.1. The molecule has 0 spiro atoms. The van der Waals surface area contributed by atoms with Gasteiger partial charge in [-0.25, -0.2) is 4.39 Å². The smallest absolute Gasteiger partial charge is 0.170 e. The molecule has 0 saturated carbocycles. The first kappa shape index (κ1) is 16.6. The highest BCUT2D eigenvalue weighted by molar-refractivity contribution is 5.99. The van der Waals surface area contributed by atoms with Gasteiger partial charge < -0.3 is 9.64 Å². The molecule has 0 aliphatic rings. The lowest BCUT2D eigenvalue weighted by Crippen LogP contribution is -2.27. The molecule has 0 amide bonds. The molecule has 0 aliphatic heterocycles. The number of rotatable bonds is 8. The Bertz CT molecular complexity index is 448. The van der Waals surface area contributed by atoms with E-state index in [-0.39, 0.29) is 11.3 Å². The van der Waals surface area contributed by atoms with Crippen LogP contribution in [0.3, 0.4) is 0 Å². The van der Waals surface area contributed by atoms with Crippen LogP contribution in [0.15, 0.2) is 18.2 Å². The molecule has 112 valence electrons. The number of ether oxygens (including phenoxy) is 1. The monoisotopic (exact) mass is 281 g/mol. The molecule has 0 heterocycles. The average molecular weight is 281 g/mol. The summed E-state index contributed by atoms with van der Waals surface area (Å²) in [6.07, 6.45) is 1.41. The predicted molar refractivity (Wildman–Crippen MR) is 78.9 cm³/mol. The Morgan fingerprint density at radius 2 is 2.15 bits per heavy atom. The van der Waals surface area contributed by atoms with Crippen LogP contribution in [0.1, 0.15) is 37.0 Å². The molecule has 1 unspecified atom stereocenters. The molecule has 4 heteroatoms. The zero-order valence-corrected chi connectivity index (χ0v) is 12.8.